The van der Waals surface area contributed by atoms with Crippen LogP contribution in [0.5, 0.6) is 11.5 Å². The van der Waals surface area contributed by atoms with Crippen LogP contribution in [0, 0.1) is 27.7 Å². The fourth-order valence-electron chi connectivity index (χ4n) is 3.23. The van der Waals surface area contributed by atoms with Crippen LogP contribution in [-0.2, 0) is 20.7 Å². The Hall–Kier alpha value is -2.05. The largest absolute Gasteiger partial charge is 0.496 e. The molecule has 0 aliphatic heterocycles. The van der Waals surface area contributed by atoms with Crippen LogP contribution < -0.4 is 9.47 Å². The highest BCUT2D eigenvalue weighted by Crippen LogP contribution is 2.38. The molecule has 0 bridgehead atoms. The number of aryl methyl sites for hydroxylation is 1. The van der Waals surface area contributed by atoms with E-state index in [-0.39, 0.29) is 11.5 Å². The molecule has 27 heavy (non-hydrogen) atoms. The van der Waals surface area contributed by atoms with E-state index in [4.69, 9.17) is 13.7 Å². The number of hydrogen-bond acceptors (Lipinski definition) is 5. The molecule has 0 aliphatic carbocycles. The molecule has 0 radical (unpaired) electrons. The Morgan fingerprint density at radius 1 is 0.815 bits per heavy atom. The molecule has 0 saturated carbocycles. The van der Waals surface area contributed by atoms with E-state index in [1.807, 2.05) is 27.7 Å². The summed E-state index contributed by atoms with van der Waals surface area (Å²) in [4.78, 5) is 0.176. The van der Waals surface area contributed by atoms with E-state index < -0.39 is 10.1 Å². The molecule has 0 saturated heterocycles. The van der Waals surface area contributed by atoms with Gasteiger partial charge in [-0.05, 0) is 69.4 Å². The lowest BCUT2D eigenvalue weighted by atomic mass is 9.94. The van der Waals surface area contributed by atoms with Gasteiger partial charge in [0.15, 0.2) is 0 Å². The van der Waals surface area contributed by atoms with E-state index >= 15 is 0 Å². The monoisotopic (exact) mass is 392 g/mol. The second kappa shape index (κ2) is 8.76. The third-order valence-electron chi connectivity index (χ3n) is 4.84. The lowest BCUT2D eigenvalue weighted by Gasteiger charge is -2.20. The zero-order valence-corrected chi connectivity index (χ0v) is 17.7. The summed E-state index contributed by atoms with van der Waals surface area (Å²) in [6.45, 7) is 8.01. The maximum atomic E-state index is 12.3. The molecule has 2 rings (SSSR count). The van der Waals surface area contributed by atoms with Gasteiger partial charge in [0.25, 0.3) is 10.1 Å². The van der Waals surface area contributed by atoms with Gasteiger partial charge in [0.05, 0.1) is 25.7 Å². The number of hydrogen-bond donors (Lipinski definition) is 0. The molecule has 0 aromatic heterocycles. The molecule has 0 fully saturated rings. The van der Waals surface area contributed by atoms with Crippen LogP contribution >= 0.6 is 0 Å². The average molecular weight is 393 g/mol. The van der Waals surface area contributed by atoms with Crippen LogP contribution in [0.1, 0.15) is 34.2 Å². The lowest BCUT2D eigenvalue weighted by molar-refractivity contribution is 0.311. The summed E-state index contributed by atoms with van der Waals surface area (Å²) >= 11 is 0. The minimum absolute atomic E-state index is 0.105. The first-order chi connectivity index (χ1) is 12.7. The van der Waals surface area contributed by atoms with Crippen molar-refractivity contribution in [3.63, 3.8) is 0 Å². The molecule has 2 aromatic rings. The van der Waals surface area contributed by atoms with Crippen molar-refractivity contribution >= 4 is 10.1 Å². The number of benzene rings is 2. The second-order valence-corrected chi connectivity index (χ2v) is 8.23. The smallest absolute Gasteiger partial charge is 0.296 e. The van der Waals surface area contributed by atoms with Gasteiger partial charge in [-0.25, -0.2) is 0 Å². The Bertz CT molecular complexity index is 899. The van der Waals surface area contributed by atoms with Gasteiger partial charge < -0.3 is 9.47 Å². The van der Waals surface area contributed by atoms with Crippen LogP contribution in [0.25, 0.3) is 0 Å². The van der Waals surface area contributed by atoms with Gasteiger partial charge in [0.1, 0.15) is 11.5 Å². The second-order valence-electron chi connectivity index (χ2n) is 6.61. The molecule has 0 heterocycles. The fraction of sp³-hybridized carbons (Fsp3) is 0.429. The Labute approximate surface area is 162 Å². The molecule has 148 valence electrons. The standard InChI is InChI=1S/C21H28O5S/c1-14-9-11-18(12-10-14)27(22,23)26-13-7-8-19-17(4)20(24-5)15(2)16(3)21(19)25-6/h9-12H,7-8,13H2,1-6H3. The van der Waals surface area contributed by atoms with Gasteiger partial charge >= 0.3 is 0 Å². The summed E-state index contributed by atoms with van der Waals surface area (Å²) in [5.74, 6) is 1.67. The van der Waals surface area contributed by atoms with E-state index in [2.05, 4.69) is 0 Å². The molecule has 0 N–H and O–H groups in total. The lowest BCUT2D eigenvalue weighted by Crippen LogP contribution is -2.09. The zero-order valence-electron chi connectivity index (χ0n) is 16.9. The number of methoxy groups -OCH3 is 2. The van der Waals surface area contributed by atoms with Crippen molar-refractivity contribution in [2.75, 3.05) is 20.8 Å². The third-order valence-corrected chi connectivity index (χ3v) is 6.17. The predicted octanol–water partition coefficient (Wildman–Crippen LogP) is 4.28. The maximum Gasteiger partial charge on any atom is 0.296 e. The topological polar surface area (TPSA) is 61.8 Å². The summed E-state index contributed by atoms with van der Waals surface area (Å²) in [5, 5.41) is 0. The Kier molecular flexibility index (Phi) is 6.89. The minimum atomic E-state index is -3.74. The minimum Gasteiger partial charge on any atom is -0.496 e. The summed E-state index contributed by atoms with van der Waals surface area (Å²) in [6, 6.07) is 6.63. The average Bonchev–Trinajstić information content (AvgIpc) is 2.63. The molecular weight excluding hydrogens is 364 g/mol. The van der Waals surface area contributed by atoms with Gasteiger partial charge in [0, 0.05) is 5.56 Å². The molecule has 0 unspecified atom stereocenters. The quantitative estimate of drug-likeness (QED) is 0.496. The molecule has 6 heteroatoms. The van der Waals surface area contributed by atoms with Crippen molar-refractivity contribution in [3.8, 4) is 11.5 Å². The van der Waals surface area contributed by atoms with E-state index in [9.17, 15) is 8.42 Å². The molecule has 0 spiro atoms. The third kappa shape index (κ3) is 4.62. The molecular formula is C21H28O5S. The van der Waals surface area contributed by atoms with Crippen molar-refractivity contribution in [1.29, 1.82) is 0 Å². The van der Waals surface area contributed by atoms with Crippen molar-refractivity contribution in [1.82, 2.24) is 0 Å². The Morgan fingerprint density at radius 3 is 1.93 bits per heavy atom. The molecule has 2 aromatic carbocycles. The van der Waals surface area contributed by atoms with Crippen molar-refractivity contribution in [2.24, 2.45) is 0 Å². The summed E-state index contributed by atoms with van der Waals surface area (Å²) in [6.07, 6.45) is 1.18. The highest BCUT2D eigenvalue weighted by Gasteiger charge is 2.19. The van der Waals surface area contributed by atoms with Crippen LogP contribution in [0.3, 0.4) is 0 Å². The Balaban J connectivity index is 2.11. The molecule has 5 nitrogen and oxygen atoms in total. The highest BCUT2D eigenvalue weighted by molar-refractivity contribution is 7.86. The van der Waals surface area contributed by atoms with Crippen LogP contribution in [-0.4, -0.2) is 29.2 Å². The highest BCUT2D eigenvalue weighted by atomic mass is 32.2. The van der Waals surface area contributed by atoms with Gasteiger partial charge in [0.2, 0.25) is 0 Å². The first kappa shape index (κ1) is 21.3. The van der Waals surface area contributed by atoms with Gasteiger partial charge in [-0.3, -0.25) is 4.18 Å². The first-order valence-corrected chi connectivity index (χ1v) is 10.3. The summed E-state index contributed by atoms with van der Waals surface area (Å²) in [5.41, 5.74) is 5.12. The molecule has 0 aliphatic rings. The van der Waals surface area contributed by atoms with Crippen LogP contribution in [0.2, 0.25) is 0 Å². The van der Waals surface area contributed by atoms with Crippen LogP contribution in [0.4, 0.5) is 0 Å². The SMILES string of the molecule is COc1c(C)c(C)c(OC)c(CCCOS(=O)(=O)c2ccc(C)cc2)c1C. The van der Waals surface area contributed by atoms with Gasteiger partial charge in [-0.1, -0.05) is 17.7 Å². The normalized spacial score (nSPS) is 11.5. The first-order valence-electron chi connectivity index (χ1n) is 8.89. The zero-order chi connectivity index (χ0) is 20.2. The summed E-state index contributed by atoms with van der Waals surface area (Å²) in [7, 11) is -0.438. The number of ether oxygens (including phenoxy) is 2. The molecule has 0 atom stereocenters. The molecule has 0 amide bonds. The predicted molar refractivity (Wildman–Crippen MR) is 106 cm³/mol. The van der Waals surface area contributed by atoms with Gasteiger partial charge in [-0.15, -0.1) is 0 Å². The van der Waals surface area contributed by atoms with Crippen molar-refractivity contribution < 1.29 is 22.1 Å². The van der Waals surface area contributed by atoms with E-state index in [0.717, 1.165) is 39.3 Å². The number of rotatable bonds is 8. The fourth-order valence-corrected chi connectivity index (χ4v) is 4.17. The van der Waals surface area contributed by atoms with Crippen LogP contribution in [0.15, 0.2) is 29.2 Å². The van der Waals surface area contributed by atoms with E-state index in [1.54, 1.807) is 38.5 Å². The van der Waals surface area contributed by atoms with Crippen molar-refractivity contribution in [2.45, 2.75) is 45.4 Å². The Morgan fingerprint density at radius 2 is 1.37 bits per heavy atom. The van der Waals surface area contributed by atoms with E-state index in [1.165, 1.54) is 0 Å². The maximum absolute atomic E-state index is 12.3. The van der Waals surface area contributed by atoms with E-state index in [0.29, 0.717) is 12.8 Å². The van der Waals surface area contributed by atoms with Crippen molar-refractivity contribution in [3.05, 3.63) is 52.1 Å². The van der Waals surface area contributed by atoms with Gasteiger partial charge in [-0.2, -0.15) is 8.42 Å². The summed E-state index contributed by atoms with van der Waals surface area (Å²) < 4.78 is 40.9.